The molecular formula is C14H15ClN2O2. The molecule has 0 spiro atoms. The quantitative estimate of drug-likeness (QED) is 0.932. The summed E-state index contributed by atoms with van der Waals surface area (Å²) < 4.78 is 1.75. The van der Waals surface area contributed by atoms with Crippen LogP contribution in [0.3, 0.4) is 0 Å². The van der Waals surface area contributed by atoms with E-state index in [9.17, 15) is 9.59 Å². The average Bonchev–Trinajstić information content (AvgIpc) is 2.40. The first kappa shape index (κ1) is 13.6. The lowest BCUT2D eigenvalue weighted by atomic mass is 10.2. The molecule has 0 saturated carbocycles. The van der Waals surface area contributed by atoms with Crippen molar-refractivity contribution < 1.29 is 4.79 Å². The lowest BCUT2D eigenvalue weighted by Gasteiger charge is -2.10. The van der Waals surface area contributed by atoms with Crippen LogP contribution in [0, 0.1) is 0 Å². The lowest BCUT2D eigenvalue weighted by molar-refractivity contribution is -0.121. The van der Waals surface area contributed by atoms with E-state index in [1.54, 1.807) is 29.0 Å². The van der Waals surface area contributed by atoms with Gasteiger partial charge in [-0.15, -0.1) is 0 Å². The summed E-state index contributed by atoms with van der Waals surface area (Å²) in [5, 5.41) is 3.85. The first-order valence-electron chi connectivity index (χ1n) is 6.17. The Balaban J connectivity index is 2.37. The molecule has 1 N–H and O–H groups in total. The summed E-state index contributed by atoms with van der Waals surface area (Å²) in [7, 11) is 0. The van der Waals surface area contributed by atoms with Crippen LogP contribution in [-0.2, 0) is 11.3 Å². The van der Waals surface area contributed by atoms with E-state index in [4.69, 9.17) is 11.6 Å². The van der Waals surface area contributed by atoms with Crippen LogP contribution in [0.2, 0.25) is 5.02 Å². The summed E-state index contributed by atoms with van der Waals surface area (Å²) in [5.41, 5.74) is 0.617. The minimum atomic E-state index is -0.0947. The molecule has 1 amide bonds. The molecule has 19 heavy (non-hydrogen) atoms. The van der Waals surface area contributed by atoms with E-state index >= 15 is 0 Å². The van der Waals surface area contributed by atoms with Crippen LogP contribution < -0.4 is 10.7 Å². The molecule has 0 unspecified atom stereocenters. The zero-order chi connectivity index (χ0) is 13.8. The van der Waals surface area contributed by atoms with Crippen molar-refractivity contribution in [3.8, 4) is 0 Å². The molecule has 1 aromatic heterocycles. The number of carbonyl (C=O) groups is 1. The van der Waals surface area contributed by atoms with Gasteiger partial charge in [-0.3, -0.25) is 9.59 Å². The summed E-state index contributed by atoms with van der Waals surface area (Å²) in [6, 6.07) is 6.54. The summed E-state index contributed by atoms with van der Waals surface area (Å²) in [6.45, 7) is 2.85. The molecule has 0 aliphatic rings. The lowest BCUT2D eigenvalue weighted by Crippen LogP contribution is -2.28. The summed E-state index contributed by atoms with van der Waals surface area (Å²) in [6.07, 6.45) is 2.52. The number of benzene rings is 1. The normalized spacial score (nSPS) is 10.6. The van der Waals surface area contributed by atoms with Crippen molar-refractivity contribution in [3.05, 3.63) is 45.7 Å². The van der Waals surface area contributed by atoms with Gasteiger partial charge in [0.2, 0.25) is 5.91 Å². The fraction of sp³-hybridized carbons (Fsp3) is 0.286. The molecule has 1 aromatic carbocycles. The number of rotatable bonds is 4. The van der Waals surface area contributed by atoms with Crippen LogP contribution >= 0.6 is 11.6 Å². The van der Waals surface area contributed by atoms with E-state index in [0.29, 0.717) is 22.5 Å². The largest absolute Gasteiger partial charge is 0.355 e. The van der Waals surface area contributed by atoms with Gasteiger partial charge < -0.3 is 9.88 Å². The Morgan fingerprint density at radius 3 is 2.89 bits per heavy atom. The van der Waals surface area contributed by atoms with Gasteiger partial charge >= 0.3 is 0 Å². The zero-order valence-electron chi connectivity index (χ0n) is 10.6. The minimum absolute atomic E-state index is 0.0678. The molecule has 0 saturated heterocycles. The van der Waals surface area contributed by atoms with Gasteiger partial charge in [0, 0.05) is 29.2 Å². The van der Waals surface area contributed by atoms with Crippen LogP contribution in [-0.4, -0.2) is 17.0 Å². The SMILES string of the molecule is CCCNC(=O)Cn1ccc(=O)c2cc(Cl)ccc21. The fourth-order valence-electron chi connectivity index (χ4n) is 1.90. The number of amides is 1. The second-order valence-corrected chi connectivity index (χ2v) is 4.76. The highest BCUT2D eigenvalue weighted by molar-refractivity contribution is 6.31. The van der Waals surface area contributed by atoms with Gasteiger partial charge in [0.1, 0.15) is 6.54 Å². The summed E-state index contributed by atoms with van der Waals surface area (Å²) >= 11 is 5.89. The number of nitrogens with one attached hydrogen (secondary N) is 1. The maximum atomic E-state index is 11.8. The smallest absolute Gasteiger partial charge is 0.239 e. The molecule has 1 heterocycles. The van der Waals surface area contributed by atoms with Crippen molar-refractivity contribution in [1.29, 1.82) is 0 Å². The fourth-order valence-corrected chi connectivity index (χ4v) is 2.07. The predicted molar refractivity (Wildman–Crippen MR) is 76.5 cm³/mol. The highest BCUT2D eigenvalue weighted by atomic mass is 35.5. The van der Waals surface area contributed by atoms with Crippen LogP contribution in [0.25, 0.3) is 10.9 Å². The van der Waals surface area contributed by atoms with Crippen LogP contribution in [0.1, 0.15) is 13.3 Å². The topological polar surface area (TPSA) is 51.1 Å². The van der Waals surface area contributed by atoms with Gasteiger partial charge in [0.15, 0.2) is 5.43 Å². The van der Waals surface area contributed by atoms with Gasteiger partial charge in [0.05, 0.1) is 5.52 Å². The number of fused-ring (bicyclic) bond motifs is 1. The first-order chi connectivity index (χ1) is 9.11. The van der Waals surface area contributed by atoms with Gasteiger partial charge in [-0.2, -0.15) is 0 Å². The second kappa shape index (κ2) is 5.89. The highest BCUT2D eigenvalue weighted by Crippen LogP contribution is 2.16. The van der Waals surface area contributed by atoms with E-state index in [2.05, 4.69) is 5.32 Å². The molecule has 0 radical (unpaired) electrons. The zero-order valence-corrected chi connectivity index (χ0v) is 11.4. The molecule has 4 nitrogen and oxygen atoms in total. The third-order valence-corrected chi connectivity index (χ3v) is 3.06. The van der Waals surface area contributed by atoms with E-state index < -0.39 is 0 Å². The minimum Gasteiger partial charge on any atom is -0.355 e. The molecular weight excluding hydrogens is 264 g/mol. The summed E-state index contributed by atoms with van der Waals surface area (Å²) in [5.74, 6) is -0.0678. The second-order valence-electron chi connectivity index (χ2n) is 4.32. The molecule has 2 aromatic rings. The monoisotopic (exact) mass is 278 g/mol. The maximum absolute atomic E-state index is 11.8. The molecule has 5 heteroatoms. The van der Waals surface area contributed by atoms with E-state index in [-0.39, 0.29) is 17.9 Å². The van der Waals surface area contributed by atoms with Gasteiger partial charge in [-0.05, 0) is 24.6 Å². The van der Waals surface area contributed by atoms with Gasteiger partial charge in [-0.1, -0.05) is 18.5 Å². The third-order valence-electron chi connectivity index (χ3n) is 2.83. The Kier molecular flexibility index (Phi) is 4.22. The van der Waals surface area contributed by atoms with Gasteiger partial charge in [-0.25, -0.2) is 0 Å². The average molecular weight is 279 g/mol. The molecule has 0 fully saturated rings. The first-order valence-corrected chi connectivity index (χ1v) is 6.55. The highest BCUT2D eigenvalue weighted by Gasteiger charge is 2.07. The van der Waals surface area contributed by atoms with Crippen LogP contribution in [0.5, 0.6) is 0 Å². The molecule has 0 aliphatic heterocycles. The Morgan fingerprint density at radius 1 is 1.37 bits per heavy atom. The third kappa shape index (κ3) is 3.15. The van der Waals surface area contributed by atoms with Crippen molar-refractivity contribution in [2.45, 2.75) is 19.9 Å². The Labute approximate surface area is 116 Å². The van der Waals surface area contributed by atoms with Crippen molar-refractivity contribution in [3.63, 3.8) is 0 Å². The number of hydrogen-bond acceptors (Lipinski definition) is 2. The molecule has 2 rings (SSSR count). The standard InChI is InChI=1S/C14H15ClN2O2/c1-2-6-16-14(19)9-17-7-5-13(18)11-8-10(15)3-4-12(11)17/h3-5,7-8H,2,6,9H2,1H3,(H,16,19). The molecule has 0 atom stereocenters. The molecule has 100 valence electrons. The molecule has 0 bridgehead atoms. The number of pyridine rings is 1. The van der Waals surface area contributed by atoms with Crippen molar-refractivity contribution in [1.82, 2.24) is 9.88 Å². The number of hydrogen-bond donors (Lipinski definition) is 1. The predicted octanol–water partition coefficient (Wildman–Crippen LogP) is 2.18. The Bertz CT molecular complexity index is 664. The number of aromatic nitrogens is 1. The number of nitrogens with zero attached hydrogens (tertiary/aromatic N) is 1. The van der Waals surface area contributed by atoms with E-state index in [0.717, 1.165) is 6.42 Å². The summed E-state index contributed by atoms with van der Waals surface area (Å²) in [4.78, 5) is 23.5. The van der Waals surface area contributed by atoms with E-state index in [1.165, 1.54) is 6.07 Å². The van der Waals surface area contributed by atoms with Crippen LogP contribution in [0.15, 0.2) is 35.3 Å². The number of carbonyl (C=O) groups excluding carboxylic acids is 1. The van der Waals surface area contributed by atoms with Crippen molar-refractivity contribution >= 4 is 28.4 Å². The Hall–Kier alpha value is -1.81. The molecule has 0 aliphatic carbocycles. The maximum Gasteiger partial charge on any atom is 0.239 e. The Morgan fingerprint density at radius 2 is 2.16 bits per heavy atom. The van der Waals surface area contributed by atoms with Crippen LogP contribution in [0.4, 0.5) is 0 Å². The van der Waals surface area contributed by atoms with Crippen molar-refractivity contribution in [2.24, 2.45) is 0 Å². The van der Waals surface area contributed by atoms with Crippen molar-refractivity contribution in [2.75, 3.05) is 6.54 Å². The van der Waals surface area contributed by atoms with Gasteiger partial charge in [0.25, 0.3) is 0 Å². The van der Waals surface area contributed by atoms with E-state index in [1.807, 2.05) is 6.92 Å². The number of halogens is 1.